The summed E-state index contributed by atoms with van der Waals surface area (Å²) in [5, 5.41) is 2.21. The summed E-state index contributed by atoms with van der Waals surface area (Å²) in [6, 6.07) is 3.46. The van der Waals surface area contributed by atoms with E-state index < -0.39 is 17.3 Å². The average molecular weight is 211 g/mol. The Morgan fingerprint density at radius 1 is 1.33 bits per heavy atom. The molecular weight excluding hydrogens is 204 g/mol. The smallest absolute Gasteiger partial charge is 0.244 e. The molecule has 1 aromatic heterocycles. The van der Waals surface area contributed by atoms with E-state index in [-0.39, 0.29) is 11.5 Å². The van der Waals surface area contributed by atoms with Gasteiger partial charge in [-0.25, -0.2) is 23.4 Å². The van der Waals surface area contributed by atoms with E-state index in [0.717, 1.165) is 16.8 Å². The number of hydrogen-bond donors (Lipinski definition) is 1. The van der Waals surface area contributed by atoms with E-state index in [0.29, 0.717) is 0 Å². The third-order valence-corrected chi connectivity index (χ3v) is 1.96. The second-order valence-electron chi connectivity index (χ2n) is 2.98. The number of aromatic amines is 1. The molecule has 0 unspecified atom stereocenters. The molecule has 2 rings (SSSR count). The van der Waals surface area contributed by atoms with Crippen LogP contribution in [0, 0.1) is 18.6 Å². The summed E-state index contributed by atoms with van der Waals surface area (Å²) in [7, 11) is 0. The zero-order chi connectivity index (χ0) is 11.0. The number of aryl methyl sites for hydroxylation is 1. The summed E-state index contributed by atoms with van der Waals surface area (Å²) >= 11 is 0. The van der Waals surface area contributed by atoms with Gasteiger partial charge in [-0.3, -0.25) is 0 Å². The maximum atomic E-state index is 13.3. The number of hydrogen-bond acceptors (Lipinski definition) is 2. The highest BCUT2D eigenvalue weighted by atomic mass is 19.1. The largest absolute Gasteiger partial charge is 0.361 e. The molecule has 2 aromatic rings. The van der Waals surface area contributed by atoms with Crippen molar-refractivity contribution in [3.63, 3.8) is 0 Å². The van der Waals surface area contributed by atoms with Gasteiger partial charge in [-0.1, -0.05) is 6.07 Å². The molecule has 0 saturated heterocycles. The SMILES string of the molecule is Cc1nc(=O)[nH]n1-c1c(F)cccc1F. The first-order chi connectivity index (χ1) is 7.09. The third-order valence-electron chi connectivity index (χ3n) is 1.96. The van der Waals surface area contributed by atoms with E-state index >= 15 is 0 Å². The zero-order valence-electron chi connectivity index (χ0n) is 7.79. The van der Waals surface area contributed by atoms with Gasteiger partial charge in [0.1, 0.15) is 11.5 Å². The second kappa shape index (κ2) is 3.30. The van der Waals surface area contributed by atoms with Crippen molar-refractivity contribution in [2.75, 3.05) is 0 Å². The molecule has 0 aliphatic heterocycles. The molecule has 0 saturated carbocycles. The number of halogens is 2. The highest BCUT2D eigenvalue weighted by Crippen LogP contribution is 2.16. The van der Waals surface area contributed by atoms with Crippen LogP contribution in [0.3, 0.4) is 0 Å². The van der Waals surface area contributed by atoms with Crippen LogP contribution < -0.4 is 5.69 Å². The van der Waals surface area contributed by atoms with Gasteiger partial charge in [-0.15, -0.1) is 0 Å². The lowest BCUT2D eigenvalue weighted by Crippen LogP contribution is -2.08. The van der Waals surface area contributed by atoms with Crippen LogP contribution in [0.25, 0.3) is 5.69 Å². The summed E-state index contributed by atoms with van der Waals surface area (Å²) in [4.78, 5) is 14.4. The van der Waals surface area contributed by atoms with Gasteiger partial charge in [-0.05, 0) is 19.1 Å². The molecule has 1 N–H and O–H groups in total. The van der Waals surface area contributed by atoms with Crippen LogP contribution in [0.1, 0.15) is 5.82 Å². The lowest BCUT2D eigenvalue weighted by atomic mass is 10.3. The summed E-state index contributed by atoms with van der Waals surface area (Å²) in [6.07, 6.45) is 0. The van der Waals surface area contributed by atoms with Gasteiger partial charge in [0.25, 0.3) is 0 Å². The van der Waals surface area contributed by atoms with Crippen molar-refractivity contribution >= 4 is 0 Å². The minimum atomic E-state index is -0.758. The predicted molar refractivity (Wildman–Crippen MR) is 48.8 cm³/mol. The Bertz CT molecular complexity index is 538. The zero-order valence-corrected chi connectivity index (χ0v) is 7.79. The quantitative estimate of drug-likeness (QED) is 0.769. The number of para-hydroxylation sites is 1. The fraction of sp³-hybridized carbons (Fsp3) is 0.111. The van der Waals surface area contributed by atoms with E-state index in [1.807, 2.05) is 0 Å². The Balaban J connectivity index is 2.74. The Kier molecular flexibility index (Phi) is 2.11. The van der Waals surface area contributed by atoms with Crippen LogP contribution in [0.4, 0.5) is 8.78 Å². The van der Waals surface area contributed by atoms with Crippen LogP contribution in [0.5, 0.6) is 0 Å². The summed E-state index contributed by atoms with van der Waals surface area (Å²) in [5.74, 6) is -1.32. The molecular formula is C9H7F2N3O. The monoisotopic (exact) mass is 211 g/mol. The van der Waals surface area contributed by atoms with Crippen molar-refractivity contribution < 1.29 is 8.78 Å². The molecule has 0 aliphatic carbocycles. The molecule has 6 heteroatoms. The molecule has 1 heterocycles. The highest BCUT2D eigenvalue weighted by Gasteiger charge is 2.13. The van der Waals surface area contributed by atoms with E-state index in [1.165, 1.54) is 13.0 Å². The van der Waals surface area contributed by atoms with Crippen molar-refractivity contribution in [1.82, 2.24) is 14.8 Å². The van der Waals surface area contributed by atoms with Gasteiger partial charge in [0, 0.05) is 0 Å². The summed E-state index contributed by atoms with van der Waals surface area (Å²) in [5.41, 5.74) is -0.972. The lowest BCUT2D eigenvalue weighted by Gasteiger charge is -2.05. The standard InChI is InChI=1S/C9H7F2N3O/c1-5-12-9(15)13-14(5)8-6(10)3-2-4-7(8)11/h2-4H,1H3,(H,13,15). The van der Waals surface area contributed by atoms with Crippen molar-refractivity contribution in [2.24, 2.45) is 0 Å². The van der Waals surface area contributed by atoms with Crippen LogP contribution in [-0.2, 0) is 0 Å². The Hall–Kier alpha value is -1.98. The molecule has 0 fully saturated rings. The lowest BCUT2D eigenvalue weighted by molar-refractivity contribution is 0.556. The van der Waals surface area contributed by atoms with Gasteiger partial charge in [0.2, 0.25) is 0 Å². The third kappa shape index (κ3) is 1.54. The van der Waals surface area contributed by atoms with Crippen molar-refractivity contribution in [3.8, 4) is 5.69 Å². The normalized spacial score (nSPS) is 10.6. The van der Waals surface area contributed by atoms with Crippen molar-refractivity contribution in [2.45, 2.75) is 6.92 Å². The Labute approximate surface area is 83.2 Å². The summed E-state index contributed by atoms with van der Waals surface area (Å²) < 4.78 is 27.6. The highest BCUT2D eigenvalue weighted by molar-refractivity contribution is 5.34. The van der Waals surface area contributed by atoms with Crippen molar-refractivity contribution in [1.29, 1.82) is 0 Å². The van der Waals surface area contributed by atoms with E-state index in [9.17, 15) is 13.6 Å². The van der Waals surface area contributed by atoms with E-state index in [1.54, 1.807) is 0 Å². The fourth-order valence-corrected chi connectivity index (χ4v) is 1.32. The van der Waals surface area contributed by atoms with Crippen LogP contribution in [-0.4, -0.2) is 14.8 Å². The van der Waals surface area contributed by atoms with Gasteiger partial charge < -0.3 is 0 Å². The van der Waals surface area contributed by atoms with Gasteiger partial charge in [-0.2, -0.15) is 4.98 Å². The Morgan fingerprint density at radius 2 is 1.93 bits per heavy atom. The minimum absolute atomic E-state index is 0.198. The number of aromatic nitrogens is 3. The second-order valence-corrected chi connectivity index (χ2v) is 2.98. The molecule has 78 valence electrons. The van der Waals surface area contributed by atoms with E-state index in [4.69, 9.17) is 0 Å². The van der Waals surface area contributed by atoms with Gasteiger partial charge in [0.05, 0.1) is 0 Å². The van der Waals surface area contributed by atoms with Gasteiger partial charge in [0.15, 0.2) is 11.6 Å². The molecule has 0 radical (unpaired) electrons. The van der Waals surface area contributed by atoms with E-state index in [2.05, 4.69) is 10.1 Å². The maximum Gasteiger partial charge on any atom is 0.361 e. The molecule has 0 amide bonds. The fourth-order valence-electron chi connectivity index (χ4n) is 1.32. The van der Waals surface area contributed by atoms with Crippen LogP contribution >= 0.6 is 0 Å². The molecule has 0 spiro atoms. The number of rotatable bonds is 1. The first-order valence-electron chi connectivity index (χ1n) is 4.19. The maximum absolute atomic E-state index is 13.3. The van der Waals surface area contributed by atoms with Crippen LogP contribution in [0.2, 0.25) is 0 Å². The molecule has 0 bridgehead atoms. The van der Waals surface area contributed by atoms with Crippen LogP contribution in [0.15, 0.2) is 23.0 Å². The molecule has 15 heavy (non-hydrogen) atoms. The summed E-state index contributed by atoms with van der Waals surface area (Å²) in [6.45, 7) is 1.48. The minimum Gasteiger partial charge on any atom is -0.244 e. The molecule has 0 aliphatic rings. The number of H-pyrrole nitrogens is 1. The average Bonchev–Trinajstić information content (AvgIpc) is 2.45. The number of benzene rings is 1. The van der Waals surface area contributed by atoms with Crippen molar-refractivity contribution in [3.05, 3.63) is 46.1 Å². The first-order valence-corrected chi connectivity index (χ1v) is 4.19. The predicted octanol–water partition coefficient (Wildman–Crippen LogP) is 1.15. The Morgan fingerprint density at radius 3 is 2.40 bits per heavy atom. The van der Waals surface area contributed by atoms with Gasteiger partial charge >= 0.3 is 5.69 Å². The first kappa shape index (κ1) is 9.57. The molecule has 4 nitrogen and oxygen atoms in total. The number of nitrogens with zero attached hydrogens (tertiary/aromatic N) is 2. The topological polar surface area (TPSA) is 50.7 Å². The number of nitrogens with one attached hydrogen (secondary N) is 1. The molecule has 1 aromatic carbocycles. The molecule has 0 atom stereocenters.